The highest BCUT2D eigenvalue weighted by molar-refractivity contribution is 7.00. The van der Waals surface area contributed by atoms with Crippen LogP contribution in [0.4, 0.5) is 34.1 Å². The van der Waals surface area contributed by atoms with Gasteiger partial charge in [0.15, 0.2) is 0 Å². The Morgan fingerprint density at radius 1 is 0.436 bits per heavy atom. The summed E-state index contributed by atoms with van der Waals surface area (Å²) >= 11 is 0. The maximum absolute atomic E-state index is 2.65. The van der Waals surface area contributed by atoms with Crippen molar-refractivity contribution in [1.82, 2.24) is 0 Å². The Hall–Kier alpha value is -4.24. The van der Waals surface area contributed by atoms with Crippen LogP contribution in [0.2, 0.25) is 0 Å². The second-order valence-corrected chi connectivity index (χ2v) is 22.2. The first kappa shape index (κ1) is 36.4. The molecule has 0 fully saturated rings. The molecule has 0 saturated carbocycles. The molecule has 0 spiro atoms. The molecule has 2 heterocycles. The van der Waals surface area contributed by atoms with E-state index in [-0.39, 0.29) is 39.2 Å². The lowest BCUT2D eigenvalue weighted by Crippen LogP contribution is -2.61. The molecule has 0 amide bonds. The number of nitrogens with zero attached hydrogens (tertiary/aromatic N) is 2. The summed E-state index contributed by atoms with van der Waals surface area (Å²) in [6, 6.07) is 36.5. The van der Waals surface area contributed by atoms with Gasteiger partial charge in [-0.3, -0.25) is 0 Å². The lowest BCUT2D eigenvalue weighted by Gasteiger charge is -2.45. The van der Waals surface area contributed by atoms with Crippen molar-refractivity contribution in [3.8, 4) is 0 Å². The van der Waals surface area contributed by atoms with Gasteiger partial charge in [0.1, 0.15) is 0 Å². The maximum atomic E-state index is 2.65. The summed E-state index contributed by atoms with van der Waals surface area (Å²) in [5.74, 6) is 0. The molecular formula is C52H61BN2. The van der Waals surface area contributed by atoms with Crippen LogP contribution in [-0.4, -0.2) is 6.71 Å². The van der Waals surface area contributed by atoms with Crippen molar-refractivity contribution in [3.63, 3.8) is 0 Å². The zero-order valence-corrected chi connectivity index (χ0v) is 36.0. The van der Waals surface area contributed by atoms with E-state index in [1.54, 1.807) is 0 Å². The Morgan fingerprint density at radius 2 is 0.909 bits per heavy atom. The van der Waals surface area contributed by atoms with Crippen molar-refractivity contribution >= 4 is 57.2 Å². The van der Waals surface area contributed by atoms with Crippen molar-refractivity contribution in [2.45, 2.75) is 142 Å². The second kappa shape index (κ2) is 11.2. The molecule has 55 heavy (non-hydrogen) atoms. The molecule has 5 aromatic carbocycles. The van der Waals surface area contributed by atoms with E-state index in [1.807, 2.05) is 0 Å². The molecule has 0 atom stereocenters. The molecule has 2 nitrogen and oxygen atoms in total. The van der Waals surface area contributed by atoms with E-state index >= 15 is 0 Å². The van der Waals surface area contributed by atoms with Gasteiger partial charge in [-0.1, -0.05) is 139 Å². The van der Waals surface area contributed by atoms with Crippen LogP contribution in [-0.2, 0) is 32.5 Å². The van der Waals surface area contributed by atoms with E-state index < -0.39 is 0 Å². The standard InChI is InChI=1S/C52H61BN2/c1-47(2,3)32-18-21-34(22-19-32)54-42-25-20-33(48(4,5)6)26-40(42)53-41-28-38-39(52(13,14)31-51(38,11)12)29-45(41)55(44-17-15-16-43(54)46(44)53)35-23-24-36-37(27-35)50(9,10)30-49(36,7)8/h15-29H,30-31H2,1-14H3. The molecule has 0 radical (unpaired) electrons. The summed E-state index contributed by atoms with van der Waals surface area (Å²) in [6.07, 6.45) is 2.30. The summed E-state index contributed by atoms with van der Waals surface area (Å²) in [6.45, 7) is 33.7. The third-order valence-electron chi connectivity index (χ3n) is 13.9. The van der Waals surface area contributed by atoms with Crippen LogP contribution >= 0.6 is 0 Å². The lowest BCUT2D eigenvalue weighted by molar-refractivity contribution is 0.403. The van der Waals surface area contributed by atoms with Gasteiger partial charge in [-0.05, 0) is 144 Å². The molecule has 0 bridgehead atoms. The Bertz CT molecular complexity index is 2410. The molecule has 0 N–H and O–H groups in total. The quantitative estimate of drug-likeness (QED) is 0.164. The van der Waals surface area contributed by atoms with Crippen LogP contribution in [0.3, 0.4) is 0 Å². The van der Waals surface area contributed by atoms with Gasteiger partial charge in [0.2, 0.25) is 0 Å². The predicted molar refractivity (Wildman–Crippen MR) is 239 cm³/mol. The van der Waals surface area contributed by atoms with Crippen LogP contribution in [0, 0.1) is 0 Å². The smallest absolute Gasteiger partial charge is 0.252 e. The van der Waals surface area contributed by atoms with Gasteiger partial charge >= 0.3 is 0 Å². The highest BCUT2D eigenvalue weighted by atomic mass is 15.2. The number of fused-ring (bicyclic) bond motifs is 6. The summed E-state index contributed by atoms with van der Waals surface area (Å²) in [5.41, 5.74) is 21.2. The third kappa shape index (κ3) is 5.34. The lowest BCUT2D eigenvalue weighted by atomic mass is 9.33. The minimum Gasteiger partial charge on any atom is -0.311 e. The first-order chi connectivity index (χ1) is 25.5. The van der Waals surface area contributed by atoms with E-state index in [0.717, 1.165) is 12.8 Å². The first-order valence-corrected chi connectivity index (χ1v) is 20.8. The van der Waals surface area contributed by atoms with Crippen molar-refractivity contribution in [2.75, 3.05) is 9.80 Å². The average molecular weight is 725 g/mol. The number of rotatable bonds is 2. The fourth-order valence-electron chi connectivity index (χ4n) is 11.6. The highest BCUT2D eigenvalue weighted by Crippen LogP contribution is 2.54. The zero-order valence-electron chi connectivity index (χ0n) is 36.0. The molecule has 3 heteroatoms. The normalized spacial score (nSPS) is 19.4. The molecule has 2 aliphatic heterocycles. The van der Waals surface area contributed by atoms with Gasteiger partial charge in [0.05, 0.1) is 0 Å². The molecule has 0 aromatic heterocycles. The number of hydrogen-bond donors (Lipinski definition) is 0. The number of benzene rings is 5. The van der Waals surface area contributed by atoms with E-state index in [1.165, 1.54) is 83.9 Å². The van der Waals surface area contributed by atoms with Crippen molar-refractivity contribution in [2.24, 2.45) is 0 Å². The Balaban J connectivity index is 1.37. The summed E-state index contributed by atoms with van der Waals surface area (Å²) in [4.78, 5) is 5.20. The van der Waals surface area contributed by atoms with Gasteiger partial charge in [-0.25, -0.2) is 0 Å². The fraction of sp³-hybridized carbons (Fsp3) is 0.423. The van der Waals surface area contributed by atoms with Crippen LogP contribution < -0.4 is 26.2 Å². The summed E-state index contributed by atoms with van der Waals surface area (Å²) < 4.78 is 0. The molecular weight excluding hydrogens is 663 g/mol. The van der Waals surface area contributed by atoms with Crippen molar-refractivity contribution in [1.29, 1.82) is 0 Å². The Kier molecular flexibility index (Phi) is 7.42. The average Bonchev–Trinajstić information content (AvgIpc) is 3.40. The van der Waals surface area contributed by atoms with E-state index in [9.17, 15) is 0 Å². The fourth-order valence-corrected chi connectivity index (χ4v) is 11.6. The highest BCUT2D eigenvalue weighted by Gasteiger charge is 2.49. The Labute approximate surface area is 332 Å². The summed E-state index contributed by atoms with van der Waals surface area (Å²) in [7, 11) is 0. The minimum absolute atomic E-state index is 0.0203. The molecule has 4 aliphatic rings. The van der Waals surface area contributed by atoms with Crippen molar-refractivity contribution in [3.05, 3.63) is 124 Å². The zero-order chi connectivity index (χ0) is 39.4. The van der Waals surface area contributed by atoms with Crippen LogP contribution in [0.15, 0.2) is 91.0 Å². The number of anilines is 6. The van der Waals surface area contributed by atoms with E-state index in [2.05, 4.69) is 198 Å². The van der Waals surface area contributed by atoms with E-state index in [4.69, 9.17) is 0 Å². The van der Waals surface area contributed by atoms with Gasteiger partial charge < -0.3 is 9.80 Å². The third-order valence-corrected chi connectivity index (χ3v) is 13.9. The maximum Gasteiger partial charge on any atom is 0.252 e. The predicted octanol–water partition coefficient (Wildman–Crippen LogP) is 12.3. The second-order valence-electron chi connectivity index (χ2n) is 22.2. The number of hydrogen-bond acceptors (Lipinski definition) is 2. The van der Waals surface area contributed by atoms with Crippen LogP contribution in [0.1, 0.15) is 143 Å². The topological polar surface area (TPSA) is 6.48 Å². The van der Waals surface area contributed by atoms with Gasteiger partial charge in [-0.15, -0.1) is 0 Å². The van der Waals surface area contributed by atoms with Gasteiger partial charge in [0.25, 0.3) is 6.71 Å². The minimum atomic E-state index is 0.0203. The SMILES string of the molecule is CC(C)(C)c1ccc(N2c3ccc(C(C)(C)C)cc3B3c4cc5c(cc4N(c4ccc6c(c4)C(C)(C)CC6(C)C)c4cccc2c43)C(C)(C)CC5(C)C)cc1. The van der Waals surface area contributed by atoms with Gasteiger partial charge in [0, 0.05) is 34.1 Å². The molecule has 0 unspecified atom stereocenters. The molecule has 0 saturated heterocycles. The first-order valence-electron chi connectivity index (χ1n) is 20.8. The van der Waals surface area contributed by atoms with Crippen LogP contribution in [0.5, 0.6) is 0 Å². The van der Waals surface area contributed by atoms with E-state index in [0.29, 0.717) is 0 Å². The van der Waals surface area contributed by atoms with Gasteiger partial charge in [-0.2, -0.15) is 0 Å². The van der Waals surface area contributed by atoms with Crippen molar-refractivity contribution < 1.29 is 0 Å². The Morgan fingerprint density at radius 3 is 1.49 bits per heavy atom. The molecule has 2 aliphatic carbocycles. The molecule has 282 valence electrons. The molecule has 5 aromatic rings. The monoisotopic (exact) mass is 724 g/mol. The van der Waals surface area contributed by atoms with Crippen LogP contribution in [0.25, 0.3) is 0 Å². The summed E-state index contributed by atoms with van der Waals surface area (Å²) in [5, 5.41) is 0. The largest absolute Gasteiger partial charge is 0.311 e. The molecule has 9 rings (SSSR count).